The smallest absolute Gasteiger partial charge is 0.317 e. The Morgan fingerprint density at radius 1 is 1.32 bits per heavy atom. The van der Waals surface area contributed by atoms with Crippen molar-refractivity contribution in [2.75, 3.05) is 27.8 Å². The Labute approximate surface area is 148 Å². The second kappa shape index (κ2) is 7.63. The summed E-state index contributed by atoms with van der Waals surface area (Å²) in [4.78, 5) is 19.3. The van der Waals surface area contributed by atoms with Crippen LogP contribution in [0.15, 0.2) is 23.4 Å². The molecule has 0 saturated carbocycles. The van der Waals surface area contributed by atoms with Crippen molar-refractivity contribution in [2.24, 2.45) is 5.16 Å². The molecule has 0 aliphatic carbocycles. The van der Waals surface area contributed by atoms with Gasteiger partial charge in [0, 0.05) is 24.6 Å². The first-order valence-electron chi connectivity index (χ1n) is 8.22. The summed E-state index contributed by atoms with van der Waals surface area (Å²) in [5.74, 6) is 1.31. The highest BCUT2D eigenvalue weighted by Gasteiger charge is 2.26. The molecule has 1 aliphatic heterocycles. The van der Waals surface area contributed by atoms with Gasteiger partial charge in [-0.25, -0.2) is 4.79 Å². The molecule has 1 aliphatic rings. The number of carbonyl (C=O) groups excluding carboxylic acids is 1. The van der Waals surface area contributed by atoms with Crippen molar-refractivity contribution < 1.29 is 19.1 Å². The minimum atomic E-state index is -0.275. The maximum absolute atomic E-state index is 12.1. The Hall–Kier alpha value is -2.44. The summed E-state index contributed by atoms with van der Waals surface area (Å²) in [6.07, 6.45) is 0.460. The van der Waals surface area contributed by atoms with Crippen molar-refractivity contribution >= 4 is 11.7 Å². The first-order chi connectivity index (χ1) is 11.7. The molecule has 1 N–H and O–H groups in total. The van der Waals surface area contributed by atoms with Gasteiger partial charge in [0.1, 0.15) is 0 Å². The van der Waals surface area contributed by atoms with E-state index in [1.807, 2.05) is 39.0 Å². The predicted molar refractivity (Wildman–Crippen MR) is 96.5 cm³/mol. The van der Waals surface area contributed by atoms with Gasteiger partial charge in [-0.05, 0) is 39.0 Å². The SMILES string of the molecule is COc1ccc(C2=NOC(CN(C)C(=O)NC(C)(C)C)C2)cc1OC. The van der Waals surface area contributed by atoms with Crippen LogP contribution in [0.2, 0.25) is 0 Å². The maximum Gasteiger partial charge on any atom is 0.317 e. The summed E-state index contributed by atoms with van der Waals surface area (Å²) in [6.45, 7) is 6.30. The molecule has 1 aromatic rings. The number of amides is 2. The Morgan fingerprint density at radius 3 is 2.60 bits per heavy atom. The standard InChI is InChI=1S/C18H27N3O4/c1-18(2,3)19-17(22)21(4)11-13-10-14(20-25-13)12-7-8-15(23-5)16(9-12)24-6/h7-9,13H,10-11H2,1-6H3,(H,19,22). The number of benzene rings is 1. The number of carbonyl (C=O) groups is 1. The van der Waals surface area contributed by atoms with E-state index < -0.39 is 0 Å². The number of ether oxygens (including phenoxy) is 2. The molecule has 25 heavy (non-hydrogen) atoms. The van der Waals surface area contributed by atoms with E-state index in [9.17, 15) is 4.79 Å². The number of nitrogens with one attached hydrogen (secondary N) is 1. The molecule has 0 fully saturated rings. The Morgan fingerprint density at radius 2 is 2.00 bits per heavy atom. The third kappa shape index (κ3) is 5.01. The maximum atomic E-state index is 12.1. The van der Waals surface area contributed by atoms with Crippen LogP contribution in [0.5, 0.6) is 11.5 Å². The molecule has 0 bridgehead atoms. The normalized spacial score (nSPS) is 16.7. The quantitative estimate of drug-likeness (QED) is 0.887. The predicted octanol–water partition coefficient (Wildman–Crippen LogP) is 2.64. The molecular formula is C18H27N3O4. The fraction of sp³-hybridized carbons (Fsp3) is 0.556. The van der Waals surface area contributed by atoms with Crippen molar-refractivity contribution in [3.05, 3.63) is 23.8 Å². The lowest BCUT2D eigenvalue weighted by atomic mass is 10.0. The van der Waals surface area contributed by atoms with Crippen LogP contribution in [0.3, 0.4) is 0 Å². The molecule has 1 aromatic carbocycles. The van der Waals surface area contributed by atoms with E-state index >= 15 is 0 Å². The number of hydrogen-bond acceptors (Lipinski definition) is 5. The van der Waals surface area contributed by atoms with Crippen LogP contribution in [0.25, 0.3) is 0 Å². The zero-order chi connectivity index (χ0) is 18.6. The van der Waals surface area contributed by atoms with Crippen LogP contribution >= 0.6 is 0 Å². The molecule has 0 radical (unpaired) electrons. The molecule has 0 saturated heterocycles. The second-order valence-electron chi connectivity index (χ2n) is 7.10. The molecule has 7 nitrogen and oxygen atoms in total. The molecule has 138 valence electrons. The number of urea groups is 1. The van der Waals surface area contributed by atoms with Gasteiger partial charge in [-0.3, -0.25) is 0 Å². The third-order valence-corrected chi connectivity index (χ3v) is 3.76. The largest absolute Gasteiger partial charge is 0.493 e. The van der Waals surface area contributed by atoms with Gasteiger partial charge in [-0.1, -0.05) is 5.16 Å². The number of nitrogens with zero attached hydrogens (tertiary/aromatic N) is 2. The fourth-order valence-corrected chi connectivity index (χ4v) is 2.52. The number of oxime groups is 1. The van der Waals surface area contributed by atoms with Crippen LogP contribution in [0, 0.1) is 0 Å². The van der Waals surface area contributed by atoms with Crippen LogP contribution in [0.4, 0.5) is 4.79 Å². The zero-order valence-corrected chi connectivity index (χ0v) is 15.8. The topological polar surface area (TPSA) is 72.4 Å². The average Bonchev–Trinajstić information content (AvgIpc) is 3.01. The van der Waals surface area contributed by atoms with E-state index in [0.29, 0.717) is 24.5 Å². The molecule has 1 atom stereocenters. The molecule has 7 heteroatoms. The summed E-state index contributed by atoms with van der Waals surface area (Å²) in [5, 5.41) is 7.09. The minimum Gasteiger partial charge on any atom is -0.493 e. The van der Waals surface area contributed by atoms with Gasteiger partial charge >= 0.3 is 6.03 Å². The zero-order valence-electron chi connectivity index (χ0n) is 15.8. The van der Waals surface area contributed by atoms with E-state index in [-0.39, 0.29) is 17.7 Å². The number of methoxy groups -OCH3 is 2. The van der Waals surface area contributed by atoms with E-state index in [4.69, 9.17) is 14.3 Å². The number of likely N-dealkylation sites (N-methyl/N-ethyl adjacent to an activating group) is 1. The number of hydrogen-bond donors (Lipinski definition) is 1. The number of rotatable bonds is 5. The fourth-order valence-electron chi connectivity index (χ4n) is 2.52. The summed E-state index contributed by atoms with van der Waals surface area (Å²) < 4.78 is 10.6. The van der Waals surface area contributed by atoms with E-state index in [0.717, 1.165) is 11.3 Å². The summed E-state index contributed by atoms with van der Waals surface area (Å²) in [7, 11) is 4.95. The lowest BCUT2D eigenvalue weighted by molar-refractivity contribution is 0.0649. The molecule has 1 unspecified atom stereocenters. The van der Waals surface area contributed by atoms with Crippen LogP contribution in [-0.4, -0.2) is 56.1 Å². The Kier molecular flexibility index (Phi) is 5.77. The van der Waals surface area contributed by atoms with Crippen molar-refractivity contribution in [1.29, 1.82) is 0 Å². The summed E-state index contributed by atoms with van der Waals surface area (Å²) >= 11 is 0. The summed E-state index contributed by atoms with van der Waals surface area (Å²) in [6, 6.07) is 5.50. The van der Waals surface area contributed by atoms with Gasteiger partial charge in [0.25, 0.3) is 0 Å². The average molecular weight is 349 g/mol. The van der Waals surface area contributed by atoms with Gasteiger partial charge in [-0.2, -0.15) is 0 Å². The van der Waals surface area contributed by atoms with Gasteiger partial charge < -0.3 is 24.5 Å². The lowest BCUT2D eigenvalue weighted by Crippen LogP contribution is -2.48. The molecular weight excluding hydrogens is 322 g/mol. The van der Waals surface area contributed by atoms with Gasteiger partial charge in [0.05, 0.1) is 26.5 Å². The molecule has 2 rings (SSSR count). The highest BCUT2D eigenvalue weighted by molar-refractivity contribution is 6.01. The highest BCUT2D eigenvalue weighted by Crippen LogP contribution is 2.29. The second-order valence-corrected chi connectivity index (χ2v) is 7.10. The van der Waals surface area contributed by atoms with E-state index in [2.05, 4.69) is 10.5 Å². The van der Waals surface area contributed by atoms with Crippen molar-refractivity contribution in [2.45, 2.75) is 38.8 Å². The molecule has 2 amide bonds. The summed E-state index contributed by atoms with van der Waals surface area (Å²) in [5.41, 5.74) is 1.47. The Balaban J connectivity index is 1.96. The van der Waals surface area contributed by atoms with E-state index in [1.165, 1.54) is 0 Å². The molecule has 0 spiro atoms. The Bertz CT molecular complexity index is 652. The van der Waals surface area contributed by atoms with Crippen LogP contribution in [-0.2, 0) is 4.84 Å². The molecule has 0 aromatic heterocycles. The van der Waals surface area contributed by atoms with Crippen molar-refractivity contribution in [3.8, 4) is 11.5 Å². The molecule has 1 heterocycles. The third-order valence-electron chi connectivity index (χ3n) is 3.76. The first-order valence-corrected chi connectivity index (χ1v) is 8.22. The van der Waals surface area contributed by atoms with Gasteiger partial charge in [0.2, 0.25) is 0 Å². The van der Waals surface area contributed by atoms with Crippen LogP contribution < -0.4 is 14.8 Å². The monoisotopic (exact) mass is 349 g/mol. The van der Waals surface area contributed by atoms with Crippen molar-refractivity contribution in [3.63, 3.8) is 0 Å². The van der Waals surface area contributed by atoms with E-state index in [1.54, 1.807) is 26.2 Å². The van der Waals surface area contributed by atoms with Gasteiger partial charge in [-0.15, -0.1) is 0 Å². The first kappa shape index (κ1) is 18.9. The van der Waals surface area contributed by atoms with Crippen molar-refractivity contribution in [1.82, 2.24) is 10.2 Å². The lowest BCUT2D eigenvalue weighted by Gasteiger charge is -2.26. The van der Waals surface area contributed by atoms with Crippen LogP contribution in [0.1, 0.15) is 32.8 Å². The minimum absolute atomic E-state index is 0.129. The van der Waals surface area contributed by atoms with Gasteiger partial charge in [0.15, 0.2) is 17.6 Å². The highest BCUT2D eigenvalue weighted by atomic mass is 16.6.